The zero-order chi connectivity index (χ0) is 22.0. The highest BCUT2D eigenvalue weighted by Crippen LogP contribution is 2.35. The minimum atomic E-state index is -0.615. The second-order valence-corrected chi connectivity index (χ2v) is 7.29. The molecule has 0 bridgehead atoms. The van der Waals surface area contributed by atoms with Crippen LogP contribution in [0.1, 0.15) is 24.1 Å². The van der Waals surface area contributed by atoms with Crippen LogP contribution in [0, 0.1) is 6.92 Å². The number of nitrogens with one attached hydrogen (secondary N) is 2. The zero-order valence-corrected chi connectivity index (χ0v) is 17.3. The Balaban J connectivity index is 1.57. The number of cyclic esters (lactones) is 1. The fourth-order valence-corrected chi connectivity index (χ4v) is 3.67. The lowest BCUT2D eigenvalue weighted by Gasteiger charge is -2.32. The third-order valence-electron chi connectivity index (χ3n) is 5.17. The van der Waals surface area contributed by atoms with Crippen molar-refractivity contribution < 1.29 is 23.9 Å². The predicted octanol–water partition coefficient (Wildman–Crippen LogP) is 2.91. The number of nitrogens with zero attached hydrogens (tertiary/aromatic N) is 1. The summed E-state index contributed by atoms with van der Waals surface area (Å²) in [6.07, 6.45) is 0. The normalized spacial score (nSPS) is 17.7. The lowest BCUT2D eigenvalue weighted by atomic mass is 9.95. The first-order valence-corrected chi connectivity index (χ1v) is 10.0. The van der Waals surface area contributed by atoms with Crippen molar-refractivity contribution in [2.45, 2.75) is 19.9 Å². The van der Waals surface area contributed by atoms with Gasteiger partial charge in [0.15, 0.2) is 0 Å². The van der Waals surface area contributed by atoms with Crippen molar-refractivity contribution in [3.63, 3.8) is 0 Å². The van der Waals surface area contributed by atoms with Crippen molar-refractivity contribution in [2.24, 2.45) is 0 Å². The van der Waals surface area contributed by atoms with Gasteiger partial charge in [0, 0.05) is 0 Å². The summed E-state index contributed by atoms with van der Waals surface area (Å²) < 4.78 is 10.7. The fraction of sp³-hybridized carbons (Fsp3) is 0.261. The Hall–Kier alpha value is -3.81. The van der Waals surface area contributed by atoms with Crippen LogP contribution in [0.2, 0.25) is 0 Å². The molecule has 8 nitrogen and oxygen atoms in total. The fourth-order valence-electron chi connectivity index (χ4n) is 3.67. The summed E-state index contributed by atoms with van der Waals surface area (Å²) >= 11 is 0. The maximum Gasteiger partial charge on any atom is 0.338 e. The van der Waals surface area contributed by atoms with Crippen LogP contribution in [0.4, 0.5) is 10.5 Å². The van der Waals surface area contributed by atoms with Gasteiger partial charge in [-0.15, -0.1) is 0 Å². The van der Waals surface area contributed by atoms with E-state index < -0.39 is 23.9 Å². The lowest BCUT2D eigenvalue weighted by Crippen LogP contribution is -2.49. The minimum Gasteiger partial charge on any atom is -0.492 e. The van der Waals surface area contributed by atoms with Gasteiger partial charge in [-0.2, -0.15) is 0 Å². The Labute approximate surface area is 179 Å². The van der Waals surface area contributed by atoms with Crippen molar-refractivity contribution in [1.29, 1.82) is 0 Å². The van der Waals surface area contributed by atoms with E-state index in [1.807, 2.05) is 44.2 Å². The van der Waals surface area contributed by atoms with Crippen LogP contribution in [0.25, 0.3) is 0 Å². The maximum atomic E-state index is 12.9. The molecule has 0 saturated heterocycles. The number of esters is 1. The van der Waals surface area contributed by atoms with Gasteiger partial charge in [0.05, 0.1) is 29.6 Å². The summed E-state index contributed by atoms with van der Waals surface area (Å²) in [4.78, 5) is 39.2. The number of ether oxygens (including phenoxy) is 2. The Morgan fingerprint density at radius 2 is 1.94 bits per heavy atom. The number of benzene rings is 2. The summed E-state index contributed by atoms with van der Waals surface area (Å²) in [5.74, 6) is -0.366. The summed E-state index contributed by atoms with van der Waals surface area (Å²) in [7, 11) is 0. The molecule has 3 amide bonds. The third-order valence-corrected chi connectivity index (χ3v) is 5.17. The summed E-state index contributed by atoms with van der Waals surface area (Å²) in [6, 6.07) is 13.5. The molecule has 2 aromatic rings. The van der Waals surface area contributed by atoms with Gasteiger partial charge in [0.25, 0.3) is 0 Å². The number of carbonyl (C=O) groups excluding carboxylic acids is 3. The molecule has 0 saturated carbocycles. The van der Waals surface area contributed by atoms with E-state index in [9.17, 15) is 14.4 Å². The number of anilines is 1. The van der Waals surface area contributed by atoms with E-state index in [-0.39, 0.29) is 13.2 Å². The van der Waals surface area contributed by atoms with Gasteiger partial charge in [0.2, 0.25) is 5.91 Å². The van der Waals surface area contributed by atoms with Gasteiger partial charge in [-0.3, -0.25) is 9.69 Å². The molecule has 0 aliphatic carbocycles. The number of urea groups is 1. The second-order valence-electron chi connectivity index (χ2n) is 7.29. The standard InChI is InChI=1S/C23H23N3O5/c1-3-30-18-7-5-4-6-16(18)24-19(27)12-26-17-13-31-22(28)20(17)21(25-23(26)29)15-10-8-14(2)9-11-15/h4-11,21H,3,12-13H2,1-2H3,(H,24,27)(H,25,29)/t21-/m0/s1. The quantitative estimate of drug-likeness (QED) is 0.699. The molecule has 2 heterocycles. The van der Waals surface area contributed by atoms with Crippen LogP contribution in [0.5, 0.6) is 5.75 Å². The predicted molar refractivity (Wildman–Crippen MR) is 113 cm³/mol. The van der Waals surface area contributed by atoms with Crippen molar-refractivity contribution in [3.05, 3.63) is 70.9 Å². The molecule has 4 rings (SSSR count). The minimum absolute atomic E-state index is 0.0488. The van der Waals surface area contributed by atoms with E-state index in [4.69, 9.17) is 9.47 Å². The number of aryl methyl sites for hydroxylation is 1. The van der Waals surface area contributed by atoms with Crippen LogP contribution in [-0.2, 0) is 14.3 Å². The first kappa shape index (κ1) is 20.5. The van der Waals surface area contributed by atoms with E-state index in [1.165, 1.54) is 4.90 Å². The van der Waals surface area contributed by atoms with Crippen molar-refractivity contribution in [1.82, 2.24) is 10.2 Å². The molecular formula is C23H23N3O5. The third kappa shape index (κ3) is 4.09. The molecule has 0 unspecified atom stereocenters. The van der Waals surface area contributed by atoms with Gasteiger partial charge in [-0.1, -0.05) is 42.0 Å². The molecule has 1 atom stereocenters. The van der Waals surface area contributed by atoms with E-state index in [0.717, 1.165) is 11.1 Å². The Kier molecular flexibility index (Phi) is 5.62. The Morgan fingerprint density at radius 3 is 2.68 bits per heavy atom. The second kappa shape index (κ2) is 8.51. The number of carbonyl (C=O) groups is 3. The summed E-state index contributed by atoms with van der Waals surface area (Å²) in [5.41, 5.74) is 3.12. The van der Waals surface area contributed by atoms with Crippen LogP contribution in [0.3, 0.4) is 0 Å². The van der Waals surface area contributed by atoms with Crippen molar-refractivity contribution in [3.8, 4) is 5.75 Å². The summed E-state index contributed by atoms with van der Waals surface area (Å²) in [6.45, 7) is 3.96. The number of hydrogen-bond acceptors (Lipinski definition) is 5. The molecule has 2 aliphatic rings. The van der Waals surface area contributed by atoms with Gasteiger partial charge in [-0.25, -0.2) is 9.59 Å². The van der Waals surface area contributed by atoms with Crippen LogP contribution >= 0.6 is 0 Å². The molecule has 0 aromatic heterocycles. The van der Waals surface area contributed by atoms with Crippen LogP contribution < -0.4 is 15.4 Å². The highest BCUT2D eigenvalue weighted by atomic mass is 16.5. The van der Waals surface area contributed by atoms with E-state index >= 15 is 0 Å². The van der Waals surface area contributed by atoms with Crippen molar-refractivity contribution in [2.75, 3.05) is 25.1 Å². The summed E-state index contributed by atoms with van der Waals surface area (Å²) in [5, 5.41) is 5.60. The first-order chi connectivity index (χ1) is 15.0. The highest BCUT2D eigenvalue weighted by molar-refractivity contribution is 6.00. The van der Waals surface area contributed by atoms with Gasteiger partial charge in [-0.05, 0) is 31.5 Å². The number of hydrogen-bond donors (Lipinski definition) is 2. The number of rotatable bonds is 6. The lowest BCUT2D eigenvalue weighted by molar-refractivity contribution is -0.136. The highest BCUT2D eigenvalue weighted by Gasteiger charge is 2.42. The topological polar surface area (TPSA) is 97.0 Å². The molecule has 8 heteroatoms. The number of para-hydroxylation sites is 2. The van der Waals surface area contributed by atoms with Crippen LogP contribution in [-0.4, -0.2) is 42.6 Å². The molecule has 0 fully saturated rings. The molecule has 2 aliphatic heterocycles. The Morgan fingerprint density at radius 1 is 1.19 bits per heavy atom. The molecule has 0 spiro atoms. The molecular weight excluding hydrogens is 398 g/mol. The van der Waals surface area contributed by atoms with Crippen molar-refractivity contribution >= 4 is 23.6 Å². The van der Waals surface area contributed by atoms with E-state index in [1.54, 1.807) is 18.2 Å². The average Bonchev–Trinajstić information content (AvgIpc) is 3.14. The monoisotopic (exact) mass is 421 g/mol. The van der Waals surface area contributed by atoms with E-state index in [2.05, 4.69) is 10.6 Å². The van der Waals surface area contributed by atoms with Crippen LogP contribution in [0.15, 0.2) is 59.8 Å². The molecule has 2 aromatic carbocycles. The van der Waals surface area contributed by atoms with Gasteiger partial charge >= 0.3 is 12.0 Å². The first-order valence-electron chi connectivity index (χ1n) is 10.0. The SMILES string of the molecule is CCOc1ccccc1NC(=O)CN1C(=O)N[C@@H](c2ccc(C)cc2)C2=C1COC2=O. The maximum absolute atomic E-state index is 12.9. The molecule has 0 radical (unpaired) electrons. The largest absolute Gasteiger partial charge is 0.492 e. The zero-order valence-electron chi connectivity index (χ0n) is 17.3. The smallest absolute Gasteiger partial charge is 0.338 e. The van der Waals surface area contributed by atoms with Gasteiger partial charge in [0.1, 0.15) is 18.9 Å². The van der Waals surface area contributed by atoms with Gasteiger partial charge < -0.3 is 20.1 Å². The molecule has 2 N–H and O–H groups in total. The average molecular weight is 421 g/mol. The van der Waals surface area contributed by atoms with E-state index in [0.29, 0.717) is 29.3 Å². The molecule has 160 valence electrons. The Bertz CT molecular complexity index is 1060. The molecule has 31 heavy (non-hydrogen) atoms. The number of amides is 3.